The number of phenolic OH excluding ortho intramolecular Hbond substituents is 1. The molecule has 0 fully saturated rings. The Hall–Kier alpha value is -2.18. The number of carbonyl (C=O) groups is 1. The van der Waals surface area contributed by atoms with Crippen LogP contribution in [0.2, 0.25) is 0 Å². The predicted octanol–water partition coefficient (Wildman–Crippen LogP) is 3.93. The van der Waals surface area contributed by atoms with Gasteiger partial charge in [-0.2, -0.15) is 0 Å². The number of phenols is 1. The molecule has 0 bridgehead atoms. The zero-order chi connectivity index (χ0) is 14.7. The van der Waals surface area contributed by atoms with Crippen LogP contribution in [0, 0.1) is 0 Å². The lowest BCUT2D eigenvalue weighted by atomic mass is 10.2. The molecule has 0 aliphatic heterocycles. The van der Waals surface area contributed by atoms with Gasteiger partial charge in [0, 0.05) is 5.38 Å². The van der Waals surface area contributed by atoms with Crippen LogP contribution in [0.25, 0.3) is 9.88 Å². The zero-order valence-corrected chi connectivity index (χ0v) is 12.5. The van der Waals surface area contributed by atoms with E-state index in [0.29, 0.717) is 5.56 Å². The molecule has 1 N–H and O–H groups in total. The molecule has 3 aromatic rings. The van der Waals surface area contributed by atoms with Gasteiger partial charge in [-0.15, -0.1) is 22.7 Å². The highest BCUT2D eigenvalue weighted by atomic mass is 32.1. The number of nitrogens with zero attached hydrogens (tertiary/aromatic N) is 1. The molecular formula is C15H11NO3S2. The first-order valence-electron chi connectivity index (χ1n) is 6.17. The summed E-state index contributed by atoms with van der Waals surface area (Å²) in [6, 6.07) is 9.94. The molecule has 1 aromatic carbocycles. The highest BCUT2D eigenvalue weighted by Crippen LogP contribution is 2.28. The highest BCUT2D eigenvalue weighted by molar-refractivity contribution is 7.20. The van der Waals surface area contributed by atoms with E-state index in [0.717, 1.165) is 15.6 Å². The molecule has 106 valence electrons. The quantitative estimate of drug-likeness (QED) is 0.741. The molecule has 6 heteroatoms. The average Bonchev–Trinajstić information content (AvgIpc) is 3.16. The molecule has 2 heterocycles. The van der Waals surface area contributed by atoms with Crippen molar-refractivity contribution in [3.63, 3.8) is 0 Å². The van der Waals surface area contributed by atoms with Crippen molar-refractivity contribution < 1.29 is 14.6 Å². The van der Waals surface area contributed by atoms with E-state index in [2.05, 4.69) is 4.98 Å². The van der Waals surface area contributed by atoms with Gasteiger partial charge in [0.25, 0.3) is 0 Å². The third-order valence-electron chi connectivity index (χ3n) is 2.74. The van der Waals surface area contributed by atoms with E-state index in [-0.39, 0.29) is 12.4 Å². The van der Waals surface area contributed by atoms with Crippen LogP contribution in [0.5, 0.6) is 5.75 Å². The van der Waals surface area contributed by atoms with Gasteiger partial charge < -0.3 is 9.84 Å². The minimum atomic E-state index is -0.430. The summed E-state index contributed by atoms with van der Waals surface area (Å²) in [7, 11) is 0. The van der Waals surface area contributed by atoms with Gasteiger partial charge in [0.1, 0.15) is 17.4 Å². The molecular weight excluding hydrogens is 306 g/mol. The Morgan fingerprint density at radius 3 is 2.71 bits per heavy atom. The van der Waals surface area contributed by atoms with Gasteiger partial charge in [0.05, 0.1) is 16.1 Å². The molecule has 0 atom stereocenters. The van der Waals surface area contributed by atoms with E-state index in [1.54, 1.807) is 11.3 Å². The minimum Gasteiger partial charge on any atom is -0.508 e. The smallest absolute Gasteiger partial charge is 0.338 e. The molecule has 0 amide bonds. The highest BCUT2D eigenvalue weighted by Gasteiger charge is 2.10. The number of benzene rings is 1. The fraction of sp³-hybridized carbons (Fsp3) is 0.0667. The first kappa shape index (κ1) is 13.8. The summed E-state index contributed by atoms with van der Waals surface area (Å²) in [6.07, 6.45) is 0. The van der Waals surface area contributed by atoms with E-state index in [1.165, 1.54) is 35.6 Å². The molecule has 0 aliphatic rings. The SMILES string of the molecule is O=C(OCc1csc(-c2cccs2)n1)c1ccc(O)cc1. The van der Waals surface area contributed by atoms with E-state index >= 15 is 0 Å². The maximum absolute atomic E-state index is 11.8. The minimum absolute atomic E-state index is 0.117. The third-order valence-corrected chi connectivity index (χ3v) is 4.67. The molecule has 3 rings (SSSR count). The average molecular weight is 317 g/mol. The molecule has 21 heavy (non-hydrogen) atoms. The lowest BCUT2D eigenvalue weighted by Gasteiger charge is -2.02. The van der Waals surface area contributed by atoms with Crippen molar-refractivity contribution in [2.75, 3.05) is 0 Å². The van der Waals surface area contributed by atoms with Gasteiger partial charge in [0.2, 0.25) is 0 Å². The number of carbonyl (C=O) groups excluding carboxylic acids is 1. The van der Waals surface area contributed by atoms with Crippen molar-refractivity contribution in [3.8, 4) is 15.6 Å². The summed E-state index contributed by atoms with van der Waals surface area (Å²) in [5.41, 5.74) is 1.14. The number of rotatable bonds is 4. The first-order chi connectivity index (χ1) is 10.2. The van der Waals surface area contributed by atoms with Crippen LogP contribution < -0.4 is 0 Å². The second kappa shape index (κ2) is 6.07. The maximum Gasteiger partial charge on any atom is 0.338 e. The number of aromatic hydroxyl groups is 1. The lowest BCUT2D eigenvalue weighted by molar-refractivity contribution is 0.0468. The van der Waals surface area contributed by atoms with Crippen molar-refractivity contribution in [2.24, 2.45) is 0 Å². The number of esters is 1. The predicted molar refractivity (Wildman–Crippen MR) is 82.7 cm³/mol. The van der Waals surface area contributed by atoms with Gasteiger partial charge in [0.15, 0.2) is 0 Å². The van der Waals surface area contributed by atoms with E-state index in [1.807, 2.05) is 22.9 Å². The summed E-state index contributed by atoms with van der Waals surface area (Å²) < 4.78 is 5.21. The van der Waals surface area contributed by atoms with E-state index in [9.17, 15) is 9.90 Å². The molecule has 2 aromatic heterocycles. The Balaban J connectivity index is 1.62. The van der Waals surface area contributed by atoms with Gasteiger partial charge in [-0.3, -0.25) is 0 Å². The Morgan fingerprint density at radius 2 is 2.00 bits per heavy atom. The largest absolute Gasteiger partial charge is 0.508 e. The Morgan fingerprint density at radius 1 is 1.19 bits per heavy atom. The molecule has 0 aliphatic carbocycles. The summed E-state index contributed by atoms with van der Waals surface area (Å²) in [4.78, 5) is 17.4. The number of hydrogen-bond acceptors (Lipinski definition) is 6. The van der Waals surface area contributed by atoms with Crippen LogP contribution in [-0.2, 0) is 11.3 Å². The monoisotopic (exact) mass is 317 g/mol. The van der Waals surface area contributed by atoms with Crippen molar-refractivity contribution in [1.29, 1.82) is 0 Å². The van der Waals surface area contributed by atoms with E-state index in [4.69, 9.17) is 4.74 Å². The fourth-order valence-electron chi connectivity index (χ4n) is 1.71. The third kappa shape index (κ3) is 3.29. The van der Waals surface area contributed by atoms with Crippen LogP contribution in [0.1, 0.15) is 16.1 Å². The molecule has 0 unspecified atom stereocenters. The summed E-state index contributed by atoms with van der Waals surface area (Å²) in [5, 5.41) is 14.0. The van der Waals surface area contributed by atoms with Crippen LogP contribution in [0.3, 0.4) is 0 Å². The summed E-state index contributed by atoms with van der Waals surface area (Å²) >= 11 is 3.16. The number of aromatic nitrogens is 1. The lowest BCUT2D eigenvalue weighted by Crippen LogP contribution is -2.05. The van der Waals surface area contributed by atoms with Crippen LogP contribution >= 0.6 is 22.7 Å². The van der Waals surface area contributed by atoms with E-state index < -0.39 is 5.97 Å². The maximum atomic E-state index is 11.8. The molecule has 0 saturated heterocycles. The van der Waals surface area contributed by atoms with Gasteiger partial charge in [-0.1, -0.05) is 6.07 Å². The second-order valence-electron chi connectivity index (χ2n) is 4.24. The fourth-order valence-corrected chi connectivity index (χ4v) is 3.33. The summed E-state index contributed by atoms with van der Waals surface area (Å²) in [5.74, 6) is -0.313. The van der Waals surface area contributed by atoms with Crippen molar-refractivity contribution >= 4 is 28.6 Å². The zero-order valence-electron chi connectivity index (χ0n) is 10.9. The molecule has 4 nitrogen and oxygen atoms in total. The topological polar surface area (TPSA) is 59.4 Å². The normalized spacial score (nSPS) is 10.5. The molecule has 0 spiro atoms. The van der Waals surface area contributed by atoms with Gasteiger partial charge in [-0.05, 0) is 35.7 Å². The summed E-state index contributed by atoms with van der Waals surface area (Å²) in [6.45, 7) is 0.140. The van der Waals surface area contributed by atoms with Gasteiger partial charge >= 0.3 is 5.97 Å². The van der Waals surface area contributed by atoms with Crippen LogP contribution in [-0.4, -0.2) is 16.1 Å². The molecule has 0 saturated carbocycles. The number of ether oxygens (including phenoxy) is 1. The second-order valence-corrected chi connectivity index (χ2v) is 6.05. The first-order valence-corrected chi connectivity index (χ1v) is 7.93. The molecule has 0 radical (unpaired) electrons. The van der Waals surface area contributed by atoms with Crippen LogP contribution in [0.15, 0.2) is 47.2 Å². The van der Waals surface area contributed by atoms with Crippen LogP contribution in [0.4, 0.5) is 0 Å². The van der Waals surface area contributed by atoms with Gasteiger partial charge in [-0.25, -0.2) is 9.78 Å². The number of hydrogen-bond donors (Lipinski definition) is 1. The Bertz CT molecular complexity index is 733. The van der Waals surface area contributed by atoms with Crippen molar-refractivity contribution in [3.05, 3.63) is 58.4 Å². The number of thiophene rings is 1. The Kier molecular flexibility index (Phi) is 3.98. The number of thiazole rings is 1. The Labute approximate surface area is 129 Å². The van der Waals surface area contributed by atoms with Crippen molar-refractivity contribution in [2.45, 2.75) is 6.61 Å². The van der Waals surface area contributed by atoms with Crippen molar-refractivity contribution in [1.82, 2.24) is 4.98 Å². The standard InChI is InChI=1S/C15H11NO3S2/c17-12-5-3-10(4-6-12)15(18)19-8-11-9-21-14(16-11)13-2-1-7-20-13/h1-7,9,17H,8H2.